The predicted octanol–water partition coefficient (Wildman–Crippen LogP) is 2.86. The number of nitrogens with zero attached hydrogens (tertiary/aromatic N) is 1. The average Bonchev–Trinajstić information content (AvgIpc) is 2.60. The van der Waals surface area contributed by atoms with Crippen LogP contribution >= 0.6 is 12.4 Å². The lowest BCUT2D eigenvalue weighted by molar-refractivity contribution is -0.138. The van der Waals surface area contributed by atoms with Crippen LogP contribution in [0.4, 0.5) is 10.5 Å². The third-order valence-corrected chi connectivity index (χ3v) is 4.58. The van der Waals surface area contributed by atoms with Gasteiger partial charge in [0.15, 0.2) is 0 Å². The molecule has 2 rings (SSSR count). The van der Waals surface area contributed by atoms with E-state index >= 15 is 0 Å². The largest absolute Gasteiger partial charge is 0.341 e. The van der Waals surface area contributed by atoms with Crippen molar-refractivity contribution in [3.63, 3.8) is 0 Å². The second-order valence-corrected chi connectivity index (χ2v) is 7.11. The first-order valence-electron chi connectivity index (χ1n) is 9.06. The number of rotatable bonds is 6. The summed E-state index contributed by atoms with van der Waals surface area (Å²) in [5, 5.41) is 8.92. The summed E-state index contributed by atoms with van der Waals surface area (Å²) in [6, 6.07) is 8.84. The number of anilines is 1. The Hall–Kier alpha value is -1.79. The van der Waals surface area contributed by atoms with Gasteiger partial charge in [0.2, 0.25) is 5.91 Å². The lowest BCUT2D eigenvalue weighted by Crippen LogP contribution is -2.58. The van der Waals surface area contributed by atoms with E-state index in [9.17, 15) is 9.59 Å². The zero-order valence-corrected chi connectivity index (χ0v) is 16.7. The monoisotopic (exact) mass is 382 g/mol. The first kappa shape index (κ1) is 22.3. The van der Waals surface area contributed by atoms with Crippen molar-refractivity contribution < 1.29 is 9.59 Å². The molecule has 0 spiro atoms. The Bertz CT molecular complexity index is 572. The second kappa shape index (κ2) is 10.4. The lowest BCUT2D eigenvalue weighted by Gasteiger charge is -2.37. The Morgan fingerprint density at radius 2 is 1.77 bits per heavy atom. The molecule has 0 bridgehead atoms. The number of benzene rings is 1. The topological polar surface area (TPSA) is 73.5 Å². The summed E-state index contributed by atoms with van der Waals surface area (Å²) < 4.78 is 0. The average molecular weight is 383 g/mol. The van der Waals surface area contributed by atoms with Gasteiger partial charge in [-0.05, 0) is 57.8 Å². The van der Waals surface area contributed by atoms with Gasteiger partial charge in [-0.2, -0.15) is 0 Å². The molecule has 0 aliphatic carbocycles. The minimum atomic E-state index is -0.937. The zero-order valence-electron chi connectivity index (χ0n) is 15.9. The molecule has 1 aliphatic heterocycles. The van der Waals surface area contributed by atoms with Crippen molar-refractivity contribution in [3.8, 4) is 0 Å². The number of hydrogen-bond acceptors (Lipinski definition) is 3. The number of hydrogen-bond donors (Lipinski definition) is 3. The highest BCUT2D eigenvalue weighted by Crippen LogP contribution is 2.19. The number of nitrogens with one attached hydrogen (secondary N) is 3. The molecule has 26 heavy (non-hydrogen) atoms. The summed E-state index contributed by atoms with van der Waals surface area (Å²) in [5.41, 5.74) is -0.236. The minimum absolute atomic E-state index is 0. The first-order chi connectivity index (χ1) is 11.9. The summed E-state index contributed by atoms with van der Waals surface area (Å²) >= 11 is 0. The van der Waals surface area contributed by atoms with E-state index in [4.69, 9.17) is 0 Å². The number of carbonyl (C=O) groups excluding carboxylic acids is 2. The number of piperidine rings is 1. The van der Waals surface area contributed by atoms with E-state index in [1.165, 1.54) is 0 Å². The highest BCUT2D eigenvalue weighted by atomic mass is 35.5. The molecule has 0 saturated carbocycles. The minimum Gasteiger partial charge on any atom is -0.341 e. The fraction of sp³-hybridized carbons (Fsp3) is 0.579. The van der Waals surface area contributed by atoms with Gasteiger partial charge in [0, 0.05) is 18.8 Å². The summed E-state index contributed by atoms with van der Waals surface area (Å²) in [4.78, 5) is 26.8. The molecule has 1 fully saturated rings. The SMILES string of the molecule is CCNCC1CCN(C(=O)C(C)(C)NC(=O)Nc2ccccc2)CC1.Cl. The summed E-state index contributed by atoms with van der Waals surface area (Å²) in [6.07, 6.45) is 2.01. The van der Waals surface area contributed by atoms with Crippen molar-refractivity contribution in [2.45, 2.75) is 39.2 Å². The van der Waals surface area contributed by atoms with Crippen LogP contribution in [0.2, 0.25) is 0 Å². The Morgan fingerprint density at radius 1 is 1.15 bits per heavy atom. The number of halogens is 1. The van der Waals surface area contributed by atoms with E-state index in [1.807, 2.05) is 35.2 Å². The number of carbonyl (C=O) groups is 2. The van der Waals surface area contributed by atoms with Gasteiger partial charge in [-0.1, -0.05) is 25.1 Å². The van der Waals surface area contributed by atoms with Gasteiger partial charge >= 0.3 is 6.03 Å². The van der Waals surface area contributed by atoms with Crippen molar-refractivity contribution in [1.82, 2.24) is 15.5 Å². The molecule has 1 aromatic rings. The van der Waals surface area contributed by atoms with E-state index in [-0.39, 0.29) is 24.3 Å². The number of para-hydroxylation sites is 1. The van der Waals surface area contributed by atoms with Crippen LogP contribution in [0.5, 0.6) is 0 Å². The number of urea groups is 1. The van der Waals surface area contributed by atoms with Gasteiger partial charge in [0.1, 0.15) is 5.54 Å². The van der Waals surface area contributed by atoms with Crippen molar-refractivity contribution in [2.24, 2.45) is 5.92 Å². The van der Waals surface area contributed by atoms with Gasteiger partial charge in [-0.25, -0.2) is 4.79 Å². The maximum absolute atomic E-state index is 12.8. The molecule has 3 N–H and O–H groups in total. The number of amides is 3. The molecule has 1 aliphatic rings. The van der Waals surface area contributed by atoms with Crippen LogP contribution in [0.3, 0.4) is 0 Å². The maximum Gasteiger partial charge on any atom is 0.320 e. The molecule has 6 nitrogen and oxygen atoms in total. The van der Waals surface area contributed by atoms with Gasteiger partial charge in [-0.3, -0.25) is 4.79 Å². The number of likely N-dealkylation sites (tertiary alicyclic amines) is 1. The van der Waals surface area contributed by atoms with Gasteiger partial charge < -0.3 is 20.9 Å². The van der Waals surface area contributed by atoms with Crippen molar-refractivity contribution in [3.05, 3.63) is 30.3 Å². The van der Waals surface area contributed by atoms with Gasteiger partial charge in [0.05, 0.1) is 0 Å². The van der Waals surface area contributed by atoms with Crippen molar-refractivity contribution in [1.29, 1.82) is 0 Å². The molecule has 1 saturated heterocycles. The summed E-state index contributed by atoms with van der Waals surface area (Å²) in [7, 11) is 0. The molecule has 0 unspecified atom stereocenters. The molecule has 0 radical (unpaired) electrons. The lowest BCUT2D eigenvalue weighted by atomic mass is 9.94. The molecule has 7 heteroatoms. The Labute approximate surface area is 162 Å². The maximum atomic E-state index is 12.8. The highest BCUT2D eigenvalue weighted by Gasteiger charge is 2.35. The van der Waals surface area contributed by atoms with Crippen molar-refractivity contribution >= 4 is 30.0 Å². The molecule has 3 amide bonds. The third-order valence-electron chi connectivity index (χ3n) is 4.58. The fourth-order valence-electron chi connectivity index (χ4n) is 3.11. The Kier molecular flexibility index (Phi) is 8.88. The summed E-state index contributed by atoms with van der Waals surface area (Å²) in [6.45, 7) is 9.11. The third kappa shape index (κ3) is 6.50. The van der Waals surface area contributed by atoms with Crippen LogP contribution in [0.15, 0.2) is 30.3 Å². The zero-order chi connectivity index (χ0) is 18.3. The van der Waals surface area contributed by atoms with Crippen LogP contribution in [0.25, 0.3) is 0 Å². The molecule has 0 aromatic heterocycles. The van der Waals surface area contributed by atoms with Crippen molar-refractivity contribution in [2.75, 3.05) is 31.5 Å². The van der Waals surface area contributed by atoms with Gasteiger partial charge in [0.25, 0.3) is 0 Å². The fourth-order valence-corrected chi connectivity index (χ4v) is 3.11. The predicted molar refractivity (Wildman–Crippen MR) is 108 cm³/mol. The van der Waals surface area contributed by atoms with Crippen LogP contribution in [-0.4, -0.2) is 48.6 Å². The standard InChI is InChI=1S/C19H30N4O2.ClH/c1-4-20-14-15-10-12-23(13-11-15)17(24)19(2,3)22-18(25)21-16-8-6-5-7-9-16;/h5-9,15,20H,4,10-14H2,1-3H3,(H2,21,22,25);1H. The smallest absolute Gasteiger partial charge is 0.320 e. The van der Waals surface area contributed by atoms with E-state index in [1.54, 1.807) is 13.8 Å². The molecule has 1 heterocycles. The van der Waals surface area contributed by atoms with E-state index < -0.39 is 5.54 Å². The van der Waals surface area contributed by atoms with Crippen LogP contribution < -0.4 is 16.0 Å². The normalized spacial score (nSPS) is 15.1. The molecular weight excluding hydrogens is 352 g/mol. The van der Waals surface area contributed by atoms with E-state index in [0.717, 1.165) is 39.0 Å². The first-order valence-corrected chi connectivity index (χ1v) is 9.06. The Balaban J connectivity index is 0.00000338. The highest BCUT2D eigenvalue weighted by molar-refractivity contribution is 5.95. The van der Waals surface area contributed by atoms with Gasteiger partial charge in [-0.15, -0.1) is 12.4 Å². The second-order valence-electron chi connectivity index (χ2n) is 7.11. The summed E-state index contributed by atoms with van der Waals surface area (Å²) in [5.74, 6) is 0.596. The molecule has 1 aromatic carbocycles. The van der Waals surface area contributed by atoms with Crippen LogP contribution in [-0.2, 0) is 4.79 Å². The quantitative estimate of drug-likeness (QED) is 0.708. The molecule has 0 atom stereocenters. The Morgan fingerprint density at radius 3 is 2.35 bits per heavy atom. The molecule has 146 valence electrons. The van der Waals surface area contributed by atoms with E-state index in [2.05, 4.69) is 22.9 Å². The molecular formula is C19H31ClN4O2. The van der Waals surface area contributed by atoms with Crippen LogP contribution in [0, 0.1) is 5.92 Å². The van der Waals surface area contributed by atoms with Crippen LogP contribution in [0.1, 0.15) is 33.6 Å². The van der Waals surface area contributed by atoms with E-state index in [0.29, 0.717) is 11.6 Å².